The first-order valence-electron chi connectivity index (χ1n) is 8.58. The van der Waals surface area contributed by atoms with E-state index in [0.29, 0.717) is 5.54 Å². The lowest BCUT2D eigenvalue weighted by molar-refractivity contribution is 0.261. The summed E-state index contributed by atoms with van der Waals surface area (Å²) in [4.78, 5) is 0. The fraction of sp³-hybridized carbons (Fsp3) is 1.00. The number of rotatable bonds is 9. The van der Waals surface area contributed by atoms with Crippen LogP contribution >= 0.6 is 0 Å². The van der Waals surface area contributed by atoms with Gasteiger partial charge in [-0.25, -0.2) is 0 Å². The van der Waals surface area contributed by atoms with E-state index >= 15 is 0 Å². The average molecular weight is 253 g/mol. The molecule has 1 unspecified atom stereocenters. The number of hydrogen-bond acceptors (Lipinski definition) is 1. The molecule has 1 nitrogen and oxygen atoms in total. The Morgan fingerprint density at radius 1 is 0.778 bits per heavy atom. The largest absolute Gasteiger partial charge is 0.311 e. The normalized spacial score (nSPS) is 25.0. The molecule has 1 rings (SSSR count). The van der Waals surface area contributed by atoms with Crippen molar-refractivity contribution >= 4 is 0 Å². The molecule has 0 bridgehead atoms. The van der Waals surface area contributed by atoms with Gasteiger partial charge >= 0.3 is 0 Å². The van der Waals surface area contributed by atoms with Gasteiger partial charge in [-0.15, -0.1) is 0 Å². The number of unbranched alkanes of at least 4 members (excludes halogenated alkanes) is 5. The van der Waals surface area contributed by atoms with E-state index in [4.69, 9.17) is 0 Å². The molecule has 1 heteroatoms. The zero-order valence-corrected chi connectivity index (χ0v) is 12.9. The van der Waals surface area contributed by atoms with Crippen LogP contribution in [0.4, 0.5) is 0 Å². The Hall–Kier alpha value is -0.0400. The summed E-state index contributed by atoms with van der Waals surface area (Å²) in [6.45, 7) is 5.90. The van der Waals surface area contributed by atoms with E-state index in [0.717, 1.165) is 0 Å². The van der Waals surface area contributed by atoms with Crippen LogP contribution in [0.2, 0.25) is 0 Å². The van der Waals surface area contributed by atoms with Gasteiger partial charge in [0.25, 0.3) is 0 Å². The van der Waals surface area contributed by atoms with Gasteiger partial charge in [-0.2, -0.15) is 0 Å². The standard InChI is InChI=1S/C17H35N/c1-3-5-6-7-8-10-14-17(13-4-2)15-11-9-12-16-18-17/h18H,3-16H2,1-2H3. The zero-order chi connectivity index (χ0) is 13.1. The molecule has 1 aliphatic rings. The van der Waals surface area contributed by atoms with Crippen LogP contribution in [0.5, 0.6) is 0 Å². The maximum Gasteiger partial charge on any atom is 0.0181 e. The average Bonchev–Trinajstić information content (AvgIpc) is 2.60. The minimum atomic E-state index is 0.510. The zero-order valence-electron chi connectivity index (χ0n) is 12.9. The highest BCUT2D eigenvalue weighted by Crippen LogP contribution is 2.29. The summed E-state index contributed by atoms with van der Waals surface area (Å²) in [6, 6.07) is 0. The second kappa shape index (κ2) is 9.83. The van der Waals surface area contributed by atoms with Gasteiger partial charge in [0.05, 0.1) is 0 Å². The summed E-state index contributed by atoms with van der Waals surface area (Å²) in [5, 5.41) is 3.90. The summed E-state index contributed by atoms with van der Waals surface area (Å²) in [7, 11) is 0. The van der Waals surface area contributed by atoms with Crippen molar-refractivity contribution in [3.63, 3.8) is 0 Å². The number of hydrogen-bond donors (Lipinski definition) is 1. The Bertz CT molecular complexity index is 180. The van der Waals surface area contributed by atoms with Crippen molar-refractivity contribution < 1.29 is 0 Å². The van der Waals surface area contributed by atoms with Gasteiger partial charge < -0.3 is 5.32 Å². The van der Waals surface area contributed by atoms with Gasteiger partial charge in [-0.1, -0.05) is 71.6 Å². The molecule has 1 heterocycles. The van der Waals surface area contributed by atoms with Crippen LogP contribution in [0.15, 0.2) is 0 Å². The Balaban J connectivity index is 2.23. The summed E-state index contributed by atoms with van der Waals surface area (Å²) >= 11 is 0. The Kier molecular flexibility index (Phi) is 8.75. The smallest absolute Gasteiger partial charge is 0.0181 e. The third kappa shape index (κ3) is 6.22. The van der Waals surface area contributed by atoms with Crippen LogP contribution in [-0.4, -0.2) is 12.1 Å². The molecule has 18 heavy (non-hydrogen) atoms. The molecule has 0 aromatic rings. The van der Waals surface area contributed by atoms with E-state index in [-0.39, 0.29) is 0 Å². The summed E-state index contributed by atoms with van der Waals surface area (Å²) in [6.07, 6.45) is 18.4. The highest BCUT2D eigenvalue weighted by molar-refractivity contribution is 4.89. The first-order chi connectivity index (χ1) is 8.83. The first kappa shape index (κ1) is 16.0. The highest BCUT2D eigenvalue weighted by Gasteiger charge is 2.28. The molecule has 1 atom stereocenters. The third-order valence-corrected chi connectivity index (χ3v) is 4.57. The van der Waals surface area contributed by atoms with Crippen molar-refractivity contribution in [3.05, 3.63) is 0 Å². The second-order valence-corrected chi connectivity index (χ2v) is 6.29. The Labute approximate surface area is 115 Å². The maximum absolute atomic E-state index is 3.90. The van der Waals surface area contributed by atoms with E-state index in [1.807, 2.05) is 0 Å². The lowest BCUT2D eigenvalue weighted by Crippen LogP contribution is -2.44. The molecule has 0 spiro atoms. The van der Waals surface area contributed by atoms with E-state index in [1.165, 1.54) is 90.0 Å². The molecule has 0 saturated carbocycles. The lowest BCUT2D eigenvalue weighted by atomic mass is 9.83. The Morgan fingerprint density at radius 2 is 1.56 bits per heavy atom. The maximum atomic E-state index is 3.90. The van der Waals surface area contributed by atoms with Crippen molar-refractivity contribution in [1.29, 1.82) is 0 Å². The number of nitrogens with one attached hydrogen (secondary N) is 1. The third-order valence-electron chi connectivity index (χ3n) is 4.57. The molecule has 1 aliphatic heterocycles. The van der Waals surface area contributed by atoms with Crippen LogP contribution in [0, 0.1) is 0 Å². The lowest BCUT2D eigenvalue weighted by Gasteiger charge is -2.34. The van der Waals surface area contributed by atoms with Crippen LogP contribution in [0.25, 0.3) is 0 Å². The van der Waals surface area contributed by atoms with Gasteiger partial charge in [0.1, 0.15) is 0 Å². The summed E-state index contributed by atoms with van der Waals surface area (Å²) < 4.78 is 0. The predicted molar refractivity (Wildman–Crippen MR) is 82.1 cm³/mol. The van der Waals surface area contributed by atoms with Gasteiger partial charge in [-0.05, 0) is 32.2 Å². The Morgan fingerprint density at radius 3 is 2.33 bits per heavy atom. The summed E-state index contributed by atoms with van der Waals surface area (Å²) in [5.41, 5.74) is 0.510. The molecule has 1 N–H and O–H groups in total. The molecule has 0 radical (unpaired) electrons. The van der Waals surface area contributed by atoms with Crippen LogP contribution in [0.3, 0.4) is 0 Å². The van der Waals surface area contributed by atoms with Gasteiger partial charge in [0.2, 0.25) is 0 Å². The van der Waals surface area contributed by atoms with Crippen LogP contribution in [-0.2, 0) is 0 Å². The molecule has 1 saturated heterocycles. The van der Waals surface area contributed by atoms with Gasteiger partial charge in [0.15, 0.2) is 0 Å². The van der Waals surface area contributed by atoms with Gasteiger partial charge in [-0.3, -0.25) is 0 Å². The van der Waals surface area contributed by atoms with Crippen molar-refractivity contribution in [2.24, 2.45) is 0 Å². The fourth-order valence-electron chi connectivity index (χ4n) is 3.48. The van der Waals surface area contributed by atoms with Crippen LogP contribution < -0.4 is 5.32 Å². The van der Waals surface area contributed by atoms with Gasteiger partial charge in [0, 0.05) is 5.54 Å². The monoisotopic (exact) mass is 253 g/mol. The quantitative estimate of drug-likeness (QED) is 0.540. The van der Waals surface area contributed by atoms with Crippen molar-refractivity contribution in [2.75, 3.05) is 6.54 Å². The molecule has 0 aliphatic carbocycles. The molecule has 0 aromatic carbocycles. The first-order valence-corrected chi connectivity index (χ1v) is 8.58. The predicted octanol–water partition coefficient (Wildman–Crippen LogP) is 5.44. The SMILES string of the molecule is CCCCCCCCC1(CCC)CCCCCN1. The minimum absolute atomic E-state index is 0.510. The van der Waals surface area contributed by atoms with Crippen molar-refractivity contribution in [1.82, 2.24) is 5.32 Å². The molecule has 0 amide bonds. The van der Waals surface area contributed by atoms with E-state index < -0.39 is 0 Å². The van der Waals surface area contributed by atoms with E-state index in [2.05, 4.69) is 19.2 Å². The van der Waals surface area contributed by atoms with Crippen molar-refractivity contribution in [3.8, 4) is 0 Å². The molecule has 108 valence electrons. The molecule has 0 aromatic heterocycles. The molecular weight excluding hydrogens is 218 g/mol. The topological polar surface area (TPSA) is 12.0 Å². The fourth-order valence-corrected chi connectivity index (χ4v) is 3.48. The molecular formula is C17H35N. The highest BCUT2D eigenvalue weighted by atomic mass is 15.0. The van der Waals surface area contributed by atoms with Crippen LogP contribution in [0.1, 0.15) is 97.3 Å². The molecule has 1 fully saturated rings. The second-order valence-electron chi connectivity index (χ2n) is 6.29. The summed E-state index contributed by atoms with van der Waals surface area (Å²) in [5.74, 6) is 0. The van der Waals surface area contributed by atoms with Crippen molar-refractivity contribution in [2.45, 2.75) is 103 Å². The minimum Gasteiger partial charge on any atom is -0.311 e. The van der Waals surface area contributed by atoms with E-state index in [1.54, 1.807) is 0 Å². The van der Waals surface area contributed by atoms with E-state index in [9.17, 15) is 0 Å².